The molecule has 0 aromatic heterocycles. The summed E-state index contributed by atoms with van der Waals surface area (Å²) >= 11 is 14.4. The van der Waals surface area contributed by atoms with Crippen LogP contribution in [0.15, 0.2) is 11.6 Å². The second kappa shape index (κ2) is 8.27. The minimum atomic E-state index is -0.750. The van der Waals surface area contributed by atoms with Crippen LogP contribution in [0.5, 0.6) is 0 Å². The lowest BCUT2D eigenvalue weighted by Crippen LogP contribution is -2.71. The fourth-order valence-electron chi connectivity index (χ4n) is 8.97. The largest absolute Gasteiger partial charge is 0.392 e. The number of alkyl halides is 3. The maximum absolute atomic E-state index is 11.5. The first-order valence-corrected chi connectivity index (χ1v) is 13.7. The van der Waals surface area contributed by atoms with E-state index in [9.17, 15) is 10.2 Å². The number of hydrogen-bond acceptors (Lipinski definition) is 3. The van der Waals surface area contributed by atoms with Gasteiger partial charge in [0.15, 0.2) is 4.30 Å². The van der Waals surface area contributed by atoms with Gasteiger partial charge in [-0.25, -0.2) is 0 Å². The van der Waals surface area contributed by atoms with Crippen LogP contribution < -0.4 is 0 Å². The molecule has 0 radical (unpaired) electrons. The van der Waals surface area contributed by atoms with Crippen molar-refractivity contribution >= 4 is 34.8 Å². The zero-order valence-corrected chi connectivity index (χ0v) is 22.6. The number of hydrogen-bond donors (Lipinski definition) is 2. The van der Waals surface area contributed by atoms with Crippen LogP contribution in [0.4, 0.5) is 0 Å². The number of allylic oxidation sites excluding steroid dienone is 2. The summed E-state index contributed by atoms with van der Waals surface area (Å²) < 4.78 is 5.55. The van der Waals surface area contributed by atoms with E-state index in [4.69, 9.17) is 39.5 Å². The van der Waals surface area contributed by atoms with Gasteiger partial charge in [-0.3, -0.25) is 0 Å². The molecule has 0 aromatic carbocycles. The lowest BCUT2D eigenvalue weighted by Gasteiger charge is -2.66. The molecule has 2 bridgehead atoms. The lowest BCUT2D eigenvalue weighted by atomic mass is 9.41. The standard InChI is InChI=1S/C25H40O3.CHCl3/c1-14(2)15-7-10-22(3)16(15)8-11-23(4)17-9-12-24(5)20(27)21(28-24)25(17,6)19(26)13-18(22)23;2-1(3)4/h8,14-15,17-21,26-27H,7,9-13H2,1-6H3;1H/t15-,17+,18-,19-,20+,21+,22+,23+,24+,25-;/m0./s1. The minimum Gasteiger partial charge on any atom is -0.392 e. The molecular weight excluding hydrogens is 467 g/mol. The summed E-state index contributed by atoms with van der Waals surface area (Å²) in [5, 5.41) is 22.5. The first-order chi connectivity index (χ1) is 14.7. The summed E-state index contributed by atoms with van der Waals surface area (Å²) in [5.74, 6) is 2.33. The highest BCUT2D eigenvalue weighted by Gasteiger charge is 2.72. The van der Waals surface area contributed by atoms with Gasteiger partial charge in [-0.1, -0.05) is 81.1 Å². The highest BCUT2D eigenvalue weighted by atomic mass is 35.6. The van der Waals surface area contributed by atoms with Crippen LogP contribution in [-0.4, -0.2) is 38.4 Å². The maximum atomic E-state index is 11.5. The second-order valence-corrected chi connectivity index (χ2v) is 14.5. The van der Waals surface area contributed by atoms with Crippen molar-refractivity contribution in [3.63, 3.8) is 0 Å². The first kappa shape index (κ1) is 25.6. The van der Waals surface area contributed by atoms with E-state index in [-0.39, 0.29) is 22.3 Å². The van der Waals surface area contributed by atoms with Gasteiger partial charge >= 0.3 is 0 Å². The maximum Gasteiger partial charge on any atom is 0.180 e. The van der Waals surface area contributed by atoms with Crippen LogP contribution in [0.2, 0.25) is 0 Å². The van der Waals surface area contributed by atoms with Crippen molar-refractivity contribution < 1.29 is 14.9 Å². The number of ether oxygens (including phenoxy) is 1. The van der Waals surface area contributed by atoms with Crippen molar-refractivity contribution in [2.75, 3.05) is 0 Å². The second-order valence-electron chi connectivity index (χ2n) is 12.5. The molecule has 0 aromatic rings. The number of rotatable bonds is 1. The van der Waals surface area contributed by atoms with Crippen molar-refractivity contribution in [3.8, 4) is 0 Å². The van der Waals surface area contributed by atoms with E-state index in [0.29, 0.717) is 23.7 Å². The van der Waals surface area contributed by atoms with Crippen LogP contribution in [0, 0.1) is 39.9 Å². The fourth-order valence-corrected chi connectivity index (χ4v) is 8.97. The van der Waals surface area contributed by atoms with Crippen molar-refractivity contribution in [2.45, 2.75) is 108 Å². The van der Waals surface area contributed by atoms with Crippen LogP contribution in [0.3, 0.4) is 0 Å². The van der Waals surface area contributed by atoms with Gasteiger partial charge in [-0.05, 0) is 80.0 Å². The average Bonchev–Trinajstić information content (AvgIpc) is 2.93. The Morgan fingerprint density at radius 2 is 1.62 bits per heavy atom. The molecule has 10 atom stereocenters. The summed E-state index contributed by atoms with van der Waals surface area (Å²) in [6.45, 7) is 14.0. The molecule has 2 aliphatic heterocycles. The van der Waals surface area contributed by atoms with Crippen molar-refractivity contribution in [1.29, 1.82) is 0 Å². The molecular formula is C26H41Cl3O3. The van der Waals surface area contributed by atoms with Crippen LogP contribution in [0.1, 0.15) is 80.1 Å². The Bertz CT molecular complexity index is 769. The molecule has 2 heterocycles. The quantitative estimate of drug-likeness (QED) is 0.307. The van der Waals surface area contributed by atoms with E-state index in [1.165, 1.54) is 12.8 Å². The molecule has 6 aliphatic rings. The summed E-state index contributed by atoms with van der Waals surface area (Å²) in [6, 6.07) is 0. The molecule has 3 saturated carbocycles. The first-order valence-electron chi connectivity index (χ1n) is 12.4. The summed E-state index contributed by atoms with van der Waals surface area (Å²) in [6.07, 6.45) is 8.05. The van der Waals surface area contributed by atoms with E-state index in [1.54, 1.807) is 5.57 Å². The SMILES string of the molecule is CC(C)[C@@H]1CC[C@]2(C)C1=CC[C@]1(C)[C@H]3CC[C@@]4(C)O[C@H]([C@H]4O)[C@]3(C)[C@@H](O)C[C@H]12.ClC(Cl)Cl. The van der Waals surface area contributed by atoms with Gasteiger partial charge in [0.2, 0.25) is 0 Å². The van der Waals surface area contributed by atoms with Gasteiger partial charge in [0.25, 0.3) is 0 Å². The van der Waals surface area contributed by atoms with E-state index in [2.05, 4.69) is 47.6 Å². The summed E-state index contributed by atoms with van der Waals surface area (Å²) in [7, 11) is 0. The van der Waals surface area contributed by atoms with Gasteiger partial charge in [-0.15, -0.1) is 0 Å². The average molecular weight is 508 g/mol. The van der Waals surface area contributed by atoms with E-state index in [0.717, 1.165) is 25.7 Å². The number of aliphatic hydroxyl groups excluding tert-OH is 2. The molecule has 6 rings (SSSR count). The number of aliphatic hydroxyl groups is 2. The van der Waals surface area contributed by atoms with Crippen LogP contribution in [0.25, 0.3) is 0 Å². The lowest BCUT2D eigenvalue weighted by molar-refractivity contribution is -0.331. The topological polar surface area (TPSA) is 49.7 Å². The Hall–Kier alpha value is 0.490. The predicted molar refractivity (Wildman–Crippen MR) is 132 cm³/mol. The number of fused-ring (bicyclic) bond motifs is 4. The molecule has 0 spiro atoms. The zero-order valence-electron chi connectivity index (χ0n) is 20.4. The molecule has 0 amide bonds. The van der Waals surface area contributed by atoms with Crippen molar-refractivity contribution in [3.05, 3.63) is 11.6 Å². The van der Waals surface area contributed by atoms with Gasteiger partial charge in [0.1, 0.15) is 6.10 Å². The molecule has 6 heteroatoms. The van der Waals surface area contributed by atoms with Crippen molar-refractivity contribution in [2.24, 2.45) is 39.9 Å². The highest BCUT2D eigenvalue weighted by molar-refractivity contribution is 6.63. The molecule has 4 aliphatic carbocycles. The molecule has 2 N–H and O–H groups in total. The van der Waals surface area contributed by atoms with Crippen LogP contribution >= 0.6 is 34.8 Å². The van der Waals surface area contributed by atoms with Crippen molar-refractivity contribution in [1.82, 2.24) is 0 Å². The molecule has 3 nitrogen and oxygen atoms in total. The third-order valence-corrected chi connectivity index (χ3v) is 10.7. The van der Waals surface area contributed by atoms with Gasteiger partial charge < -0.3 is 14.9 Å². The summed E-state index contributed by atoms with van der Waals surface area (Å²) in [4.78, 5) is 0. The Morgan fingerprint density at radius 3 is 2.19 bits per heavy atom. The Morgan fingerprint density at radius 1 is 1.00 bits per heavy atom. The minimum absolute atomic E-state index is 0.176. The molecule has 2 saturated heterocycles. The molecule has 0 unspecified atom stereocenters. The third kappa shape index (κ3) is 3.46. The van der Waals surface area contributed by atoms with Gasteiger partial charge in [-0.2, -0.15) is 0 Å². The highest BCUT2D eigenvalue weighted by Crippen LogP contribution is 2.72. The Labute approximate surface area is 209 Å². The van der Waals surface area contributed by atoms with Crippen LogP contribution in [-0.2, 0) is 4.74 Å². The van der Waals surface area contributed by atoms with E-state index >= 15 is 0 Å². The zero-order chi connectivity index (χ0) is 23.9. The van der Waals surface area contributed by atoms with E-state index in [1.807, 2.05) is 0 Å². The summed E-state index contributed by atoms with van der Waals surface area (Å²) in [5.41, 5.74) is 1.34. The normalized spacial score (nSPS) is 53.8. The fraction of sp³-hybridized carbons (Fsp3) is 0.923. The Kier molecular flexibility index (Phi) is 6.61. The third-order valence-electron chi connectivity index (χ3n) is 10.7. The number of halogens is 3. The van der Waals surface area contributed by atoms with Gasteiger partial charge in [0.05, 0.1) is 17.8 Å². The monoisotopic (exact) mass is 506 g/mol. The molecule has 184 valence electrons. The predicted octanol–water partition coefficient (Wildman–Crippen LogP) is 6.70. The smallest absolute Gasteiger partial charge is 0.180 e. The Balaban J connectivity index is 0.000000567. The van der Waals surface area contributed by atoms with E-state index < -0.39 is 22.1 Å². The van der Waals surface area contributed by atoms with Gasteiger partial charge in [0, 0.05) is 5.41 Å². The molecule has 32 heavy (non-hydrogen) atoms. The molecule has 5 fully saturated rings.